The first-order chi connectivity index (χ1) is 9.07. The van der Waals surface area contributed by atoms with Crippen molar-refractivity contribution < 1.29 is 4.79 Å². The van der Waals surface area contributed by atoms with Crippen molar-refractivity contribution in [3.63, 3.8) is 0 Å². The van der Waals surface area contributed by atoms with Crippen LogP contribution in [0, 0.1) is 5.92 Å². The predicted molar refractivity (Wildman–Crippen MR) is 75.7 cm³/mol. The third kappa shape index (κ3) is 3.69. The number of nitrogens with zero attached hydrogens (tertiary/aromatic N) is 1. The minimum Gasteiger partial charge on any atom is -0.368 e. The molecule has 3 aliphatic carbocycles. The van der Waals surface area contributed by atoms with Gasteiger partial charge >= 0.3 is 0 Å². The number of carbonyl (C=O) groups is 1. The highest BCUT2D eigenvalue weighted by Gasteiger charge is 2.39. The highest BCUT2D eigenvalue weighted by atomic mass is 16.1. The number of amides is 1. The van der Waals surface area contributed by atoms with Gasteiger partial charge in [0.2, 0.25) is 5.91 Å². The second-order valence-electron chi connectivity index (χ2n) is 7.03. The summed E-state index contributed by atoms with van der Waals surface area (Å²) in [6.07, 6.45) is 8.72. The Hall–Kier alpha value is -0.610. The molecule has 3 saturated carbocycles. The van der Waals surface area contributed by atoms with Crippen molar-refractivity contribution in [1.29, 1.82) is 0 Å². The summed E-state index contributed by atoms with van der Waals surface area (Å²) in [6, 6.07) is 1.31. The molecule has 0 heterocycles. The number of rotatable bonds is 9. The van der Waals surface area contributed by atoms with Gasteiger partial charge in [-0.25, -0.2) is 0 Å². The van der Waals surface area contributed by atoms with Crippen LogP contribution in [0.25, 0.3) is 0 Å². The minimum atomic E-state index is -0.516. The van der Waals surface area contributed by atoms with Crippen LogP contribution in [-0.2, 0) is 4.79 Å². The largest absolute Gasteiger partial charge is 0.368 e. The van der Waals surface area contributed by atoms with Crippen LogP contribution < -0.4 is 11.1 Å². The maximum atomic E-state index is 11.8. The maximum Gasteiger partial charge on any atom is 0.237 e. The van der Waals surface area contributed by atoms with Gasteiger partial charge in [0.15, 0.2) is 0 Å². The molecule has 4 heteroatoms. The van der Waals surface area contributed by atoms with E-state index in [2.05, 4.69) is 10.2 Å². The normalized spacial score (nSPS) is 26.4. The van der Waals surface area contributed by atoms with E-state index >= 15 is 0 Å². The van der Waals surface area contributed by atoms with E-state index in [0.717, 1.165) is 24.9 Å². The lowest BCUT2D eigenvalue weighted by molar-refractivity contribution is -0.124. The number of hydrogen-bond donors (Lipinski definition) is 2. The lowest BCUT2D eigenvalue weighted by Gasteiger charge is -2.31. The van der Waals surface area contributed by atoms with Crippen molar-refractivity contribution in [2.24, 2.45) is 11.7 Å². The molecular formula is C15H27N3O. The van der Waals surface area contributed by atoms with Crippen molar-refractivity contribution in [2.45, 2.75) is 69.5 Å². The van der Waals surface area contributed by atoms with Crippen LogP contribution >= 0.6 is 0 Å². The van der Waals surface area contributed by atoms with Gasteiger partial charge in [-0.3, -0.25) is 4.79 Å². The van der Waals surface area contributed by atoms with Gasteiger partial charge in [-0.2, -0.15) is 0 Å². The van der Waals surface area contributed by atoms with Crippen molar-refractivity contribution in [3.05, 3.63) is 0 Å². The molecule has 1 unspecified atom stereocenters. The first-order valence-electron chi connectivity index (χ1n) is 7.88. The maximum absolute atomic E-state index is 11.8. The van der Waals surface area contributed by atoms with Gasteiger partial charge in [0.25, 0.3) is 0 Å². The number of nitrogens with one attached hydrogen (secondary N) is 1. The number of hydrogen-bond acceptors (Lipinski definition) is 3. The molecule has 0 bridgehead atoms. The molecule has 0 aromatic heterocycles. The lowest BCUT2D eigenvalue weighted by Crippen LogP contribution is -2.55. The van der Waals surface area contributed by atoms with E-state index in [1.807, 2.05) is 6.92 Å². The van der Waals surface area contributed by atoms with Gasteiger partial charge in [-0.15, -0.1) is 0 Å². The average Bonchev–Trinajstić information content (AvgIpc) is 3.21. The Bertz CT molecular complexity index is 347. The highest BCUT2D eigenvalue weighted by Crippen LogP contribution is 2.35. The van der Waals surface area contributed by atoms with E-state index in [0.29, 0.717) is 6.04 Å². The number of carbonyl (C=O) groups excluding carboxylic acids is 1. The molecule has 0 aromatic carbocycles. The smallest absolute Gasteiger partial charge is 0.237 e. The molecule has 3 aliphatic rings. The molecule has 4 nitrogen and oxygen atoms in total. The third-order valence-corrected chi connectivity index (χ3v) is 4.80. The third-order valence-electron chi connectivity index (χ3n) is 4.80. The average molecular weight is 265 g/mol. The van der Waals surface area contributed by atoms with Crippen LogP contribution in [0.15, 0.2) is 0 Å². The van der Waals surface area contributed by atoms with E-state index < -0.39 is 5.54 Å². The summed E-state index contributed by atoms with van der Waals surface area (Å²) in [7, 11) is 0. The van der Waals surface area contributed by atoms with E-state index in [1.54, 1.807) is 0 Å². The van der Waals surface area contributed by atoms with Gasteiger partial charge in [0, 0.05) is 25.2 Å². The van der Waals surface area contributed by atoms with E-state index in [9.17, 15) is 4.79 Å². The van der Waals surface area contributed by atoms with Gasteiger partial charge in [-0.05, 0) is 57.8 Å². The number of primary amides is 1. The molecule has 0 aromatic rings. The molecule has 3 fully saturated rings. The van der Waals surface area contributed by atoms with Crippen molar-refractivity contribution >= 4 is 5.91 Å². The Balaban J connectivity index is 1.52. The Labute approximate surface area is 116 Å². The first kappa shape index (κ1) is 13.4. The van der Waals surface area contributed by atoms with Crippen molar-refractivity contribution in [2.75, 3.05) is 13.1 Å². The molecule has 0 spiro atoms. The number of nitrogens with two attached hydrogens (primary N) is 1. The topological polar surface area (TPSA) is 58.4 Å². The fraction of sp³-hybridized carbons (Fsp3) is 0.933. The molecule has 0 aliphatic heterocycles. The van der Waals surface area contributed by atoms with E-state index in [-0.39, 0.29) is 5.91 Å². The molecule has 108 valence electrons. The molecule has 19 heavy (non-hydrogen) atoms. The van der Waals surface area contributed by atoms with Crippen molar-refractivity contribution in [3.8, 4) is 0 Å². The van der Waals surface area contributed by atoms with Crippen LogP contribution in [0.1, 0.15) is 51.9 Å². The summed E-state index contributed by atoms with van der Waals surface area (Å²) < 4.78 is 0. The lowest BCUT2D eigenvalue weighted by atomic mass is 9.96. The Morgan fingerprint density at radius 3 is 2.42 bits per heavy atom. The second kappa shape index (κ2) is 5.06. The zero-order valence-electron chi connectivity index (χ0n) is 12.0. The summed E-state index contributed by atoms with van der Waals surface area (Å²) >= 11 is 0. The van der Waals surface area contributed by atoms with Crippen LogP contribution in [-0.4, -0.2) is 41.5 Å². The standard InChI is InChI=1S/C15H27N3O/c1-15(14(16)19,17-12-4-5-12)8-9-18(13-6-7-13)10-11-2-3-11/h11-13,17H,2-10H2,1H3,(H2,16,19). The fourth-order valence-corrected chi connectivity index (χ4v) is 2.81. The molecule has 0 radical (unpaired) electrons. The van der Waals surface area contributed by atoms with Gasteiger partial charge < -0.3 is 16.0 Å². The second-order valence-corrected chi connectivity index (χ2v) is 7.03. The van der Waals surface area contributed by atoms with Gasteiger partial charge in [0.05, 0.1) is 5.54 Å². The zero-order valence-corrected chi connectivity index (χ0v) is 12.0. The van der Waals surface area contributed by atoms with Crippen LogP contribution in [0.4, 0.5) is 0 Å². The first-order valence-corrected chi connectivity index (χ1v) is 7.88. The summed E-state index contributed by atoms with van der Waals surface area (Å²) in [5, 5.41) is 3.45. The summed E-state index contributed by atoms with van der Waals surface area (Å²) in [6.45, 7) is 4.24. The van der Waals surface area contributed by atoms with E-state index in [1.165, 1.54) is 45.1 Å². The van der Waals surface area contributed by atoms with Gasteiger partial charge in [0.1, 0.15) is 0 Å². The zero-order chi connectivity index (χ0) is 13.5. The summed E-state index contributed by atoms with van der Waals surface area (Å²) in [5.74, 6) is 0.735. The minimum absolute atomic E-state index is 0.193. The Kier molecular flexibility index (Phi) is 3.56. The molecule has 0 saturated heterocycles. The SMILES string of the molecule is CC(CCN(CC1CC1)C1CC1)(NC1CC1)C(N)=O. The molecule has 1 amide bonds. The van der Waals surface area contributed by atoms with Crippen molar-refractivity contribution in [1.82, 2.24) is 10.2 Å². The summed E-state index contributed by atoms with van der Waals surface area (Å²) in [4.78, 5) is 14.4. The monoisotopic (exact) mass is 265 g/mol. The molecule has 3 rings (SSSR count). The van der Waals surface area contributed by atoms with Gasteiger partial charge in [-0.1, -0.05) is 0 Å². The van der Waals surface area contributed by atoms with Crippen LogP contribution in [0.3, 0.4) is 0 Å². The predicted octanol–water partition coefficient (Wildman–Crippen LogP) is 1.25. The molecule has 3 N–H and O–H groups in total. The fourth-order valence-electron chi connectivity index (χ4n) is 2.81. The van der Waals surface area contributed by atoms with E-state index in [4.69, 9.17) is 5.73 Å². The Morgan fingerprint density at radius 1 is 1.26 bits per heavy atom. The Morgan fingerprint density at radius 2 is 1.95 bits per heavy atom. The van der Waals surface area contributed by atoms with Crippen LogP contribution in [0.5, 0.6) is 0 Å². The molecular weight excluding hydrogens is 238 g/mol. The van der Waals surface area contributed by atoms with Crippen LogP contribution in [0.2, 0.25) is 0 Å². The molecule has 1 atom stereocenters. The quantitative estimate of drug-likeness (QED) is 0.659. The highest BCUT2D eigenvalue weighted by molar-refractivity contribution is 5.84. The summed E-state index contributed by atoms with van der Waals surface area (Å²) in [5.41, 5.74) is 5.10.